The molecule has 0 spiro atoms. The summed E-state index contributed by atoms with van der Waals surface area (Å²) in [6.07, 6.45) is -4.75. The van der Waals surface area contributed by atoms with Crippen LogP contribution >= 0.6 is 0 Å². The third kappa shape index (κ3) is 5.04. The van der Waals surface area contributed by atoms with E-state index in [0.717, 1.165) is 6.07 Å². The van der Waals surface area contributed by atoms with Gasteiger partial charge in [0.1, 0.15) is 23.3 Å². The van der Waals surface area contributed by atoms with E-state index in [1.54, 1.807) is 19.9 Å². The van der Waals surface area contributed by atoms with Crippen molar-refractivity contribution in [2.45, 2.75) is 26.1 Å². The van der Waals surface area contributed by atoms with Crippen LogP contribution in [0.1, 0.15) is 25.1 Å². The standard InChI is InChI=1S/C17H17F4N5O/c1-9(2)13(8-27)24-16-25-14(17(19,20)21)6-15(26-16)23-12-5-3-4-11(18)10(12)7-22/h3-6,9,13,27H,8H2,1-2H3,(H2,23,24,25,26)/t13-/m1/s1. The van der Waals surface area contributed by atoms with Crippen molar-refractivity contribution < 1.29 is 22.7 Å². The van der Waals surface area contributed by atoms with Gasteiger partial charge < -0.3 is 15.7 Å². The van der Waals surface area contributed by atoms with E-state index in [2.05, 4.69) is 20.6 Å². The Labute approximate surface area is 152 Å². The van der Waals surface area contributed by atoms with Crippen LogP contribution in [0.5, 0.6) is 0 Å². The van der Waals surface area contributed by atoms with E-state index in [4.69, 9.17) is 5.26 Å². The third-order valence-electron chi connectivity index (χ3n) is 3.72. The van der Waals surface area contributed by atoms with Crippen LogP contribution in [0.3, 0.4) is 0 Å². The maximum Gasteiger partial charge on any atom is 0.433 e. The first kappa shape index (κ1) is 20.4. The maximum atomic E-state index is 13.7. The van der Waals surface area contributed by atoms with Crippen molar-refractivity contribution >= 4 is 17.5 Å². The molecule has 144 valence electrons. The number of benzene rings is 1. The van der Waals surface area contributed by atoms with E-state index in [1.165, 1.54) is 12.1 Å². The van der Waals surface area contributed by atoms with E-state index in [9.17, 15) is 22.7 Å². The minimum Gasteiger partial charge on any atom is -0.394 e. The molecule has 0 saturated carbocycles. The van der Waals surface area contributed by atoms with Crippen molar-refractivity contribution in [3.8, 4) is 6.07 Å². The van der Waals surface area contributed by atoms with Gasteiger partial charge in [0.15, 0.2) is 5.69 Å². The van der Waals surface area contributed by atoms with E-state index < -0.39 is 23.7 Å². The molecule has 1 aromatic heterocycles. The van der Waals surface area contributed by atoms with Crippen LogP contribution in [0.4, 0.5) is 35.0 Å². The fourth-order valence-corrected chi connectivity index (χ4v) is 2.19. The van der Waals surface area contributed by atoms with Gasteiger partial charge in [-0.15, -0.1) is 0 Å². The molecule has 2 rings (SSSR count). The van der Waals surface area contributed by atoms with Crippen molar-refractivity contribution in [1.82, 2.24) is 9.97 Å². The lowest BCUT2D eigenvalue weighted by atomic mass is 10.1. The molecule has 1 atom stereocenters. The summed E-state index contributed by atoms with van der Waals surface area (Å²) in [5, 5.41) is 23.6. The molecule has 1 heterocycles. The van der Waals surface area contributed by atoms with E-state index in [1.807, 2.05) is 0 Å². The molecule has 2 aromatic rings. The van der Waals surface area contributed by atoms with Crippen molar-refractivity contribution in [2.75, 3.05) is 17.2 Å². The lowest BCUT2D eigenvalue weighted by molar-refractivity contribution is -0.141. The number of alkyl halides is 3. The maximum absolute atomic E-state index is 13.7. The summed E-state index contributed by atoms with van der Waals surface area (Å²) >= 11 is 0. The normalized spacial score (nSPS) is 12.6. The minimum absolute atomic E-state index is 0.0298. The van der Waals surface area contributed by atoms with Crippen molar-refractivity contribution in [1.29, 1.82) is 5.26 Å². The quantitative estimate of drug-likeness (QED) is 0.659. The summed E-state index contributed by atoms with van der Waals surface area (Å²) in [4.78, 5) is 7.38. The molecule has 0 aliphatic rings. The van der Waals surface area contributed by atoms with Gasteiger partial charge >= 0.3 is 6.18 Å². The molecule has 0 bridgehead atoms. The van der Waals surface area contributed by atoms with Crippen molar-refractivity contribution in [3.63, 3.8) is 0 Å². The first-order valence-corrected chi connectivity index (χ1v) is 7.95. The number of hydrogen-bond acceptors (Lipinski definition) is 6. The molecule has 10 heteroatoms. The lowest BCUT2D eigenvalue weighted by Gasteiger charge is -2.21. The van der Waals surface area contributed by atoms with Gasteiger partial charge in [-0.1, -0.05) is 19.9 Å². The largest absolute Gasteiger partial charge is 0.433 e. The highest BCUT2D eigenvalue weighted by Crippen LogP contribution is 2.31. The fourth-order valence-electron chi connectivity index (χ4n) is 2.19. The molecular formula is C17H17F4N5O. The number of hydrogen-bond donors (Lipinski definition) is 3. The Morgan fingerprint density at radius 2 is 1.96 bits per heavy atom. The topological polar surface area (TPSA) is 93.9 Å². The summed E-state index contributed by atoms with van der Waals surface area (Å²) in [5.41, 5.74) is -1.61. The van der Waals surface area contributed by atoms with Gasteiger partial charge in [0.25, 0.3) is 0 Å². The monoisotopic (exact) mass is 383 g/mol. The molecule has 0 saturated heterocycles. The molecule has 6 nitrogen and oxygen atoms in total. The first-order valence-electron chi connectivity index (χ1n) is 7.95. The smallest absolute Gasteiger partial charge is 0.394 e. The van der Waals surface area contributed by atoms with Gasteiger partial charge in [0, 0.05) is 6.07 Å². The average Bonchev–Trinajstić information content (AvgIpc) is 2.58. The molecule has 3 N–H and O–H groups in total. The molecule has 0 amide bonds. The average molecular weight is 383 g/mol. The highest BCUT2D eigenvalue weighted by atomic mass is 19.4. The van der Waals surface area contributed by atoms with Crippen LogP contribution in [0, 0.1) is 23.1 Å². The number of halogens is 4. The molecule has 0 radical (unpaired) electrons. The highest BCUT2D eigenvalue weighted by Gasteiger charge is 2.34. The van der Waals surface area contributed by atoms with Crippen molar-refractivity contribution in [2.24, 2.45) is 5.92 Å². The zero-order valence-corrected chi connectivity index (χ0v) is 14.5. The van der Waals surface area contributed by atoms with Gasteiger partial charge in [-0.3, -0.25) is 0 Å². The minimum atomic E-state index is -4.75. The molecule has 0 aliphatic heterocycles. The molecule has 0 fully saturated rings. The second-order valence-corrected chi connectivity index (χ2v) is 6.04. The highest BCUT2D eigenvalue weighted by molar-refractivity contribution is 5.65. The SMILES string of the molecule is CC(C)[C@@H](CO)Nc1nc(Nc2cccc(F)c2C#N)cc(C(F)(F)F)n1. The summed E-state index contributed by atoms with van der Waals surface area (Å²) in [6, 6.07) is 5.45. The second-order valence-electron chi connectivity index (χ2n) is 6.04. The second kappa shape index (κ2) is 8.18. The Kier molecular flexibility index (Phi) is 6.17. The van der Waals surface area contributed by atoms with Crippen LogP contribution in [0.15, 0.2) is 24.3 Å². The van der Waals surface area contributed by atoms with Crippen LogP contribution < -0.4 is 10.6 Å². The molecule has 0 aliphatic carbocycles. The summed E-state index contributed by atoms with van der Waals surface area (Å²) < 4.78 is 53.2. The third-order valence-corrected chi connectivity index (χ3v) is 3.72. The van der Waals surface area contributed by atoms with Gasteiger partial charge in [-0.2, -0.15) is 23.4 Å². The Balaban J connectivity index is 2.46. The Morgan fingerprint density at radius 1 is 1.26 bits per heavy atom. The first-order chi connectivity index (χ1) is 12.7. The molecule has 27 heavy (non-hydrogen) atoms. The number of aliphatic hydroxyl groups is 1. The fraction of sp³-hybridized carbons (Fsp3) is 0.353. The molecular weight excluding hydrogens is 366 g/mol. The number of nitriles is 1. The number of nitrogens with one attached hydrogen (secondary N) is 2. The van der Waals surface area contributed by atoms with Gasteiger partial charge in [-0.05, 0) is 18.1 Å². The summed E-state index contributed by atoms with van der Waals surface area (Å²) in [7, 11) is 0. The molecule has 0 unspecified atom stereocenters. The number of anilines is 3. The van der Waals surface area contributed by atoms with E-state index >= 15 is 0 Å². The number of aromatic nitrogens is 2. The van der Waals surface area contributed by atoms with Crippen LogP contribution in [-0.2, 0) is 6.18 Å². The van der Waals surface area contributed by atoms with Crippen LogP contribution in [0.25, 0.3) is 0 Å². The van der Waals surface area contributed by atoms with E-state index in [-0.39, 0.29) is 35.5 Å². The summed E-state index contributed by atoms with van der Waals surface area (Å²) in [5.74, 6) is -1.54. The molecule has 1 aromatic carbocycles. The predicted molar refractivity (Wildman–Crippen MR) is 90.8 cm³/mol. The van der Waals surface area contributed by atoms with Crippen LogP contribution in [-0.4, -0.2) is 27.7 Å². The number of rotatable bonds is 6. The lowest BCUT2D eigenvalue weighted by Crippen LogP contribution is -2.30. The summed E-state index contributed by atoms with van der Waals surface area (Å²) in [6.45, 7) is 3.21. The predicted octanol–water partition coefficient (Wildman–Crippen LogP) is 3.68. The zero-order chi connectivity index (χ0) is 20.2. The zero-order valence-electron chi connectivity index (χ0n) is 14.5. The number of aliphatic hydroxyl groups excluding tert-OH is 1. The Hall–Kier alpha value is -2.93. The Bertz CT molecular complexity index is 848. The van der Waals surface area contributed by atoms with E-state index in [0.29, 0.717) is 6.07 Å². The van der Waals surface area contributed by atoms with Crippen LogP contribution in [0.2, 0.25) is 0 Å². The van der Waals surface area contributed by atoms with Gasteiger partial charge in [0.2, 0.25) is 5.95 Å². The van der Waals surface area contributed by atoms with Gasteiger partial charge in [0.05, 0.1) is 18.3 Å². The van der Waals surface area contributed by atoms with Crippen molar-refractivity contribution in [3.05, 3.63) is 41.3 Å². The van der Waals surface area contributed by atoms with Gasteiger partial charge in [-0.25, -0.2) is 9.37 Å². The Morgan fingerprint density at radius 3 is 2.52 bits per heavy atom. The number of nitrogens with zero attached hydrogens (tertiary/aromatic N) is 3.